The molecule has 1 unspecified atom stereocenters. The summed E-state index contributed by atoms with van der Waals surface area (Å²) in [5.41, 5.74) is 4.20. The van der Waals surface area contributed by atoms with Crippen LogP contribution in [0.4, 0.5) is 0 Å². The van der Waals surface area contributed by atoms with Crippen LogP contribution in [0.25, 0.3) is 5.52 Å². The van der Waals surface area contributed by atoms with Gasteiger partial charge in [0.2, 0.25) is 0 Å². The van der Waals surface area contributed by atoms with Crippen LogP contribution >= 0.6 is 0 Å². The molecule has 3 heterocycles. The van der Waals surface area contributed by atoms with Crippen molar-refractivity contribution < 1.29 is 4.74 Å². The van der Waals surface area contributed by atoms with E-state index in [0.717, 1.165) is 41.9 Å². The third-order valence-corrected chi connectivity index (χ3v) is 5.11. The van der Waals surface area contributed by atoms with E-state index in [9.17, 15) is 5.26 Å². The normalized spacial score (nSPS) is 17.7. The van der Waals surface area contributed by atoms with Crippen LogP contribution in [0, 0.1) is 11.3 Å². The molecule has 0 radical (unpaired) electrons. The number of hydrogen-bond donors (Lipinski definition) is 0. The minimum absolute atomic E-state index is 0.403. The summed E-state index contributed by atoms with van der Waals surface area (Å²) in [5.74, 6) is 0.888. The third kappa shape index (κ3) is 2.88. The lowest BCUT2D eigenvalue weighted by Gasteiger charge is -2.24. The Balaban J connectivity index is 1.62. The molecule has 4 nitrogen and oxygen atoms in total. The van der Waals surface area contributed by atoms with Gasteiger partial charge >= 0.3 is 0 Å². The maximum atomic E-state index is 9.62. The standard InChI is InChI=1S/C21H21N3O/c1-25-18-9-7-16(8-10-18)20-6-4-12-23(20)14-17-15-24-11-3-2-5-21(24)19(17)13-22/h2-3,5,7-11,15,20H,4,6,12,14H2,1H3. The smallest absolute Gasteiger partial charge is 0.118 e. The highest BCUT2D eigenvalue weighted by molar-refractivity contribution is 5.65. The second-order valence-electron chi connectivity index (χ2n) is 6.54. The molecule has 126 valence electrons. The second kappa shape index (κ2) is 6.62. The number of nitriles is 1. The number of pyridine rings is 1. The SMILES string of the molecule is COc1ccc(C2CCCN2Cc2cn3ccccc3c2C#N)cc1. The van der Waals surface area contributed by atoms with Crippen LogP contribution in [0.15, 0.2) is 54.9 Å². The molecule has 0 aliphatic carbocycles. The lowest BCUT2D eigenvalue weighted by Crippen LogP contribution is -2.22. The van der Waals surface area contributed by atoms with E-state index in [0.29, 0.717) is 6.04 Å². The Morgan fingerprint density at radius 2 is 2.04 bits per heavy atom. The van der Waals surface area contributed by atoms with Gasteiger partial charge in [-0.1, -0.05) is 18.2 Å². The van der Waals surface area contributed by atoms with Gasteiger partial charge in [-0.25, -0.2) is 0 Å². The van der Waals surface area contributed by atoms with Crippen molar-refractivity contribution in [1.29, 1.82) is 5.26 Å². The van der Waals surface area contributed by atoms with Crippen molar-refractivity contribution in [3.05, 3.63) is 71.5 Å². The van der Waals surface area contributed by atoms with Gasteiger partial charge in [0.25, 0.3) is 0 Å². The zero-order chi connectivity index (χ0) is 17.2. The summed E-state index contributed by atoms with van der Waals surface area (Å²) in [5, 5.41) is 9.62. The Bertz CT molecular complexity index is 920. The van der Waals surface area contributed by atoms with Gasteiger partial charge in [0.05, 0.1) is 18.2 Å². The first-order valence-corrected chi connectivity index (χ1v) is 8.67. The van der Waals surface area contributed by atoms with Crippen LogP contribution in [0.5, 0.6) is 5.75 Å². The number of benzene rings is 1. The fraction of sp³-hybridized carbons (Fsp3) is 0.286. The molecular weight excluding hydrogens is 310 g/mol. The number of hydrogen-bond acceptors (Lipinski definition) is 3. The average Bonchev–Trinajstić information content (AvgIpc) is 3.26. The largest absolute Gasteiger partial charge is 0.497 e. The Labute approximate surface area is 147 Å². The third-order valence-electron chi connectivity index (χ3n) is 5.11. The van der Waals surface area contributed by atoms with Crippen molar-refractivity contribution in [1.82, 2.24) is 9.30 Å². The first-order chi connectivity index (χ1) is 12.3. The molecule has 4 heteroatoms. The molecule has 3 aromatic rings. The molecule has 0 N–H and O–H groups in total. The second-order valence-corrected chi connectivity index (χ2v) is 6.54. The van der Waals surface area contributed by atoms with Crippen molar-refractivity contribution >= 4 is 5.52 Å². The van der Waals surface area contributed by atoms with E-state index >= 15 is 0 Å². The van der Waals surface area contributed by atoms with Gasteiger partial charge in [-0.15, -0.1) is 0 Å². The molecule has 0 amide bonds. The highest BCUT2D eigenvalue weighted by Gasteiger charge is 2.27. The average molecular weight is 331 g/mol. The fourth-order valence-electron chi connectivity index (χ4n) is 3.86. The van der Waals surface area contributed by atoms with Crippen molar-refractivity contribution in [2.75, 3.05) is 13.7 Å². The molecular formula is C21H21N3O. The minimum Gasteiger partial charge on any atom is -0.497 e. The van der Waals surface area contributed by atoms with E-state index in [1.807, 2.05) is 40.9 Å². The van der Waals surface area contributed by atoms with Gasteiger partial charge in [0, 0.05) is 30.5 Å². The predicted octanol–water partition coefficient (Wildman–Crippen LogP) is 4.16. The number of rotatable bonds is 4. The molecule has 1 aliphatic heterocycles. The molecule has 2 aromatic heterocycles. The van der Waals surface area contributed by atoms with Gasteiger partial charge in [-0.05, 0) is 49.2 Å². The van der Waals surface area contributed by atoms with Crippen LogP contribution in [0.2, 0.25) is 0 Å². The summed E-state index contributed by atoms with van der Waals surface area (Å²) in [6.07, 6.45) is 6.44. The van der Waals surface area contributed by atoms with E-state index in [2.05, 4.69) is 29.3 Å². The number of methoxy groups -OCH3 is 1. The highest BCUT2D eigenvalue weighted by Crippen LogP contribution is 2.34. The topological polar surface area (TPSA) is 40.7 Å². The summed E-state index contributed by atoms with van der Waals surface area (Å²) in [4.78, 5) is 2.48. The van der Waals surface area contributed by atoms with Crippen LogP contribution in [0.1, 0.15) is 35.6 Å². The molecule has 0 saturated carbocycles. The molecule has 4 rings (SSSR count). The first-order valence-electron chi connectivity index (χ1n) is 8.67. The monoisotopic (exact) mass is 331 g/mol. The summed E-state index contributed by atoms with van der Waals surface area (Å²) in [7, 11) is 1.69. The minimum atomic E-state index is 0.403. The number of aromatic nitrogens is 1. The van der Waals surface area contributed by atoms with Crippen LogP contribution in [-0.2, 0) is 6.54 Å². The van der Waals surface area contributed by atoms with E-state index < -0.39 is 0 Å². The van der Waals surface area contributed by atoms with Gasteiger partial charge < -0.3 is 9.14 Å². The fourth-order valence-corrected chi connectivity index (χ4v) is 3.86. The number of nitrogens with zero attached hydrogens (tertiary/aromatic N) is 3. The zero-order valence-electron chi connectivity index (χ0n) is 14.4. The van der Waals surface area contributed by atoms with Crippen molar-refractivity contribution in [2.45, 2.75) is 25.4 Å². The first kappa shape index (κ1) is 15.7. The van der Waals surface area contributed by atoms with Gasteiger partial charge in [-0.3, -0.25) is 4.90 Å². The van der Waals surface area contributed by atoms with Crippen LogP contribution < -0.4 is 4.74 Å². The van der Waals surface area contributed by atoms with Crippen molar-refractivity contribution in [3.63, 3.8) is 0 Å². The van der Waals surface area contributed by atoms with E-state index in [1.165, 1.54) is 12.0 Å². The van der Waals surface area contributed by atoms with E-state index in [1.54, 1.807) is 7.11 Å². The van der Waals surface area contributed by atoms with Gasteiger partial charge in [0.15, 0.2) is 0 Å². The van der Waals surface area contributed by atoms with E-state index in [4.69, 9.17) is 4.74 Å². The molecule has 0 spiro atoms. The number of likely N-dealkylation sites (tertiary alicyclic amines) is 1. The van der Waals surface area contributed by atoms with E-state index in [-0.39, 0.29) is 0 Å². The van der Waals surface area contributed by atoms with Crippen LogP contribution in [-0.4, -0.2) is 23.0 Å². The number of ether oxygens (including phenoxy) is 1. The highest BCUT2D eigenvalue weighted by atomic mass is 16.5. The Morgan fingerprint density at radius 1 is 1.20 bits per heavy atom. The van der Waals surface area contributed by atoms with Crippen molar-refractivity contribution in [2.24, 2.45) is 0 Å². The lowest BCUT2D eigenvalue weighted by atomic mass is 10.0. The molecule has 0 bridgehead atoms. The predicted molar refractivity (Wildman–Crippen MR) is 97.5 cm³/mol. The quantitative estimate of drug-likeness (QED) is 0.721. The summed E-state index contributed by atoms with van der Waals surface area (Å²) < 4.78 is 7.31. The summed E-state index contributed by atoms with van der Waals surface area (Å²) in [6, 6.07) is 17.2. The zero-order valence-corrected chi connectivity index (χ0v) is 14.4. The Morgan fingerprint density at radius 3 is 2.80 bits per heavy atom. The Hall–Kier alpha value is -2.77. The van der Waals surface area contributed by atoms with Gasteiger partial charge in [0.1, 0.15) is 11.8 Å². The summed E-state index contributed by atoms with van der Waals surface area (Å²) in [6.45, 7) is 1.87. The molecule has 1 atom stereocenters. The maximum absolute atomic E-state index is 9.62. The molecule has 1 saturated heterocycles. The molecule has 1 aliphatic rings. The maximum Gasteiger partial charge on any atom is 0.118 e. The Kier molecular flexibility index (Phi) is 4.17. The number of fused-ring (bicyclic) bond motifs is 1. The van der Waals surface area contributed by atoms with Crippen molar-refractivity contribution in [3.8, 4) is 11.8 Å². The molecule has 25 heavy (non-hydrogen) atoms. The molecule has 1 aromatic carbocycles. The van der Waals surface area contributed by atoms with Crippen LogP contribution in [0.3, 0.4) is 0 Å². The lowest BCUT2D eigenvalue weighted by molar-refractivity contribution is 0.248. The molecule has 1 fully saturated rings. The van der Waals surface area contributed by atoms with Gasteiger partial charge in [-0.2, -0.15) is 5.26 Å². The summed E-state index contributed by atoms with van der Waals surface area (Å²) >= 11 is 0.